The molecule has 0 amide bonds. The average molecular weight is 295 g/mol. The van der Waals surface area contributed by atoms with E-state index in [0.29, 0.717) is 5.56 Å². The first kappa shape index (κ1) is 14.4. The van der Waals surface area contributed by atoms with E-state index in [2.05, 4.69) is 9.71 Å². The zero-order valence-electron chi connectivity index (χ0n) is 10.7. The summed E-state index contributed by atoms with van der Waals surface area (Å²) in [5.41, 5.74) is 6.08. The number of nitrogens with zero attached hydrogens (tertiary/aromatic N) is 1. The van der Waals surface area contributed by atoms with Crippen molar-refractivity contribution >= 4 is 15.8 Å². The molecule has 0 saturated heterocycles. The first-order chi connectivity index (χ1) is 9.40. The highest BCUT2D eigenvalue weighted by Gasteiger charge is 2.21. The number of benzene rings is 1. The Kier molecular flexibility index (Phi) is 4.01. The smallest absolute Gasteiger partial charge is 0.244 e. The van der Waals surface area contributed by atoms with Crippen LogP contribution >= 0.6 is 0 Å². The van der Waals surface area contributed by atoms with Gasteiger partial charge >= 0.3 is 0 Å². The number of rotatable bonds is 4. The van der Waals surface area contributed by atoms with Crippen molar-refractivity contribution in [2.45, 2.75) is 17.9 Å². The molecule has 2 aromatic rings. The standard InChI is InChI=1S/C13H14FN3O2S/c1-9(10-4-2-5-11(14)8-10)17-20(18,19)12-6-3-7-16-13(12)15/h2-9,17H,1H3,(H2,15,16). The number of anilines is 1. The fraction of sp³-hybridized carbons (Fsp3) is 0.154. The molecule has 1 aromatic heterocycles. The predicted molar refractivity (Wildman–Crippen MR) is 73.8 cm³/mol. The van der Waals surface area contributed by atoms with Crippen molar-refractivity contribution in [1.29, 1.82) is 0 Å². The SMILES string of the molecule is CC(NS(=O)(=O)c1cccnc1N)c1cccc(F)c1. The van der Waals surface area contributed by atoms with Crippen LogP contribution in [0.5, 0.6) is 0 Å². The summed E-state index contributed by atoms with van der Waals surface area (Å²) in [6.07, 6.45) is 1.41. The molecule has 1 aromatic carbocycles. The molecule has 5 nitrogen and oxygen atoms in total. The zero-order chi connectivity index (χ0) is 14.8. The molecule has 2 rings (SSSR count). The second kappa shape index (κ2) is 5.56. The van der Waals surface area contributed by atoms with Gasteiger partial charge < -0.3 is 5.73 Å². The third kappa shape index (κ3) is 3.12. The predicted octanol–water partition coefficient (Wildman–Crippen LogP) is 1.84. The van der Waals surface area contributed by atoms with Crippen LogP contribution in [0.2, 0.25) is 0 Å². The maximum absolute atomic E-state index is 13.1. The van der Waals surface area contributed by atoms with Crippen LogP contribution in [-0.2, 0) is 10.0 Å². The second-order valence-corrected chi connectivity index (χ2v) is 5.97. The Balaban J connectivity index is 2.27. The van der Waals surface area contributed by atoms with E-state index in [1.54, 1.807) is 13.0 Å². The van der Waals surface area contributed by atoms with Crippen LogP contribution < -0.4 is 10.5 Å². The summed E-state index contributed by atoms with van der Waals surface area (Å²) in [5, 5.41) is 0. The van der Waals surface area contributed by atoms with Gasteiger partial charge in [-0.15, -0.1) is 0 Å². The Hall–Kier alpha value is -1.99. The molecule has 0 aliphatic carbocycles. The van der Waals surface area contributed by atoms with Crippen molar-refractivity contribution in [1.82, 2.24) is 9.71 Å². The van der Waals surface area contributed by atoms with Crippen molar-refractivity contribution in [3.63, 3.8) is 0 Å². The van der Waals surface area contributed by atoms with Gasteiger partial charge in [0.05, 0.1) is 0 Å². The van der Waals surface area contributed by atoms with Gasteiger partial charge in [0.1, 0.15) is 16.5 Å². The van der Waals surface area contributed by atoms with Gasteiger partial charge in [-0.3, -0.25) is 0 Å². The van der Waals surface area contributed by atoms with Gasteiger partial charge in [-0.25, -0.2) is 22.5 Å². The van der Waals surface area contributed by atoms with Gasteiger partial charge in [-0.2, -0.15) is 0 Å². The highest BCUT2D eigenvalue weighted by molar-refractivity contribution is 7.89. The number of nitrogens with two attached hydrogens (primary N) is 1. The van der Waals surface area contributed by atoms with Crippen LogP contribution in [0.15, 0.2) is 47.5 Å². The fourth-order valence-electron chi connectivity index (χ4n) is 1.77. The quantitative estimate of drug-likeness (QED) is 0.901. The molecule has 106 valence electrons. The van der Waals surface area contributed by atoms with Gasteiger partial charge in [0.25, 0.3) is 0 Å². The fourth-order valence-corrected chi connectivity index (χ4v) is 3.08. The van der Waals surface area contributed by atoms with E-state index in [1.807, 2.05) is 0 Å². The van der Waals surface area contributed by atoms with E-state index >= 15 is 0 Å². The molecular formula is C13H14FN3O2S. The summed E-state index contributed by atoms with van der Waals surface area (Å²) in [7, 11) is -3.81. The third-order valence-corrected chi connectivity index (χ3v) is 4.36. The van der Waals surface area contributed by atoms with Crippen molar-refractivity contribution in [2.75, 3.05) is 5.73 Å². The van der Waals surface area contributed by atoms with Gasteiger partial charge in [0.15, 0.2) is 0 Å². The van der Waals surface area contributed by atoms with Gasteiger partial charge in [0.2, 0.25) is 10.0 Å². The molecule has 7 heteroatoms. The Morgan fingerprint density at radius 3 is 2.70 bits per heavy atom. The minimum absolute atomic E-state index is 0.0774. The molecule has 0 spiro atoms. The van der Waals surface area contributed by atoms with Crippen LogP contribution in [0, 0.1) is 5.82 Å². The van der Waals surface area contributed by atoms with Crippen molar-refractivity contribution < 1.29 is 12.8 Å². The van der Waals surface area contributed by atoms with E-state index in [0.717, 1.165) is 0 Å². The molecule has 0 aliphatic rings. The molecule has 20 heavy (non-hydrogen) atoms. The summed E-state index contributed by atoms with van der Waals surface area (Å²) < 4.78 is 40.0. The van der Waals surface area contributed by atoms with Crippen LogP contribution in [0.3, 0.4) is 0 Å². The molecule has 0 bridgehead atoms. The van der Waals surface area contributed by atoms with Crippen LogP contribution in [0.25, 0.3) is 0 Å². The molecule has 1 unspecified atom stereocenters. The summed E-state index contributed by atoms with van der Waals surface area (Å²) >= 11 is 0. The van der Waals surface area contributed by atoms with Gasteiger partial charge in [0, 0.05) is 12.2 Å². The lowest BCUT2D eigenvalue weighted by molar-refractivity contribution is 0.564. The lowest BCUT2D eigenvalue weighted by Gasteiger charge is -2.15. The summed E-state index contributed by atoms with van der Waals surface area (Å²) in [5.74, 6) is -0.499. The molecule has 0 radical (unpaired) electrons. The topological polar surface area (TPSA) is 85.1 Å². The van der Waals surface area contributed by atoms with Gasteiger partial charge in [-0.1, -0.05) is 12.1 Å². The highest BCUT2D eigenvalue weighted by atomic mass is 32.2. The Morgan fingerprint density at radius 1 is 1.30 bits per heavy atom. The first-order valence-electron chi connectivity index (χ1n) is 5.88. The van der Waals surface area contributed by atoms with E-state index in [4.69, 9.17) is 5.73 Å². The molecule has 0 saturated carbocycles. The summed E-state index contributed by atoms with van der Waals surface area (Å²) in [6.45, 7) is 1.62. The molecule has 0 fully saturated rings. The van der Waals surface area contributed by atoms with Crippen LogP contribution in [0.1, 0.15) is 18.5 Å². The normalized spacial score (nSPS) is 13.1. The number of nitrogen functional groups attached to an aromatic ring is 1. The van der Waals surface area contributed by atoms with E-state index in [9.17, 15) is 12.8 Å². The van der Waals surface area contributed by atoms with Crippen LogP contribution in [-0.4, -0.2) is 13.4 Å². The Bertz CT molecular complexity index is 719. The number of pyridine rings is 1. The molecule has 0 aliphatic heterocycles. The first-order valence-corrected chi connectivity index (χ1v) is 7.37. The maximum atomic E-state index is 13.1. The minimum atomic E-state index is -3.81. The second-order valence-electron chi connectivity index (χ2n) is 4.28. The largest absolute Gasteiger partial charge is 0.383 e. The lowest BCUT2D eigenvalue weighted by atomic mass is 10.1. The monoisotopic (exact) mass is 295 g/mol. The van der Waals surface area contributed by atoms with E-state index < -0.39 is 21.9 Å². The van der Waals surface area contributed by atoms with Crippen molar-refractivity contribution in [3.05, 3.63) is 54.0 Å². The molecule has 1 heterocycles. The average Bonchev–Trinajstić information content (AvgIpc) is 2.38. The number of sulfonamides is 1. The van der Waals surface area contributed by atoms with E-state index in [-0.39, 0.29) is 10.7 Å². The maximum Gasteiger partial charge on any atom is 0.244 e. The van der Waals surface area contributed by atoms with Crippen molar-refractivity contribution in [3.8, 4) is 0 Å². The molecule has 3 N–H and O–H groups in total. The number of hydrogen-bond donors (Lipinski definition) is 2. The Morgan fingerprint density at radius 2 is 2.05 bits per heavy atom. The lowest BCUT2D eigenvalue weighted by Crippen LogP contribution is -2.27. The van der Waals surface area contributed by atoms with Crippen molar-refractivity contribution in [2.24, 2.45) is 0 Å². The number of nitrogens with one attached hydrogen (secondary N) is 1. The third-order valence-electron chi connectivity index (χ3n) is 2.77. The Labute approximate surface area is 116 Å². The number of aromatic nitrogens is 1. The number of halogens is 1. The summed E-state index contributed by atoms with van der Waals surface area (Å²) in [4.78, 5) is 3.64. The summed E-state index contributed by atoms with van der Waals surface area (Å²) in [6, 6.07) is 8.00. The number of hydrogen-bond acceptors (Lipinski definition) is 4. The molecule has 1 atom stereocenters. The van der Waals surface area contributed by atoms with Crippen LogP contribution in [0.4, 0.5) is 10.2 Å². The highest BCUT2D eigenvalue weighted by Crippen LogP contribution is 2.20. The molecular weight excluding hydrogens is 281 g/mol. The zero-order valence-corrected chi connectivity index (χ0v) is 11.6. The van der Waals surface area contributed by atoms with Gasteiger partial charge in [-0.05, 0) is 36.8 Å². The minimum Gasteiger partial charge on any atom is -0.383 e. The van der Waals surface area contributed by atoms with E-state index in [1.165, 1.54) is 36.5 Å².